The third-order valence-corrected chi connectivity index (χ3v) is 2.49. The SMILES string of the molecule is CCC(C)C(O)CNC1CC1. The van der Waals surface area contributed by atoms with Crippen molar-refractivity contribution < 1.29 is 5.11 Å². The second-order valence-electron chi connectivity index (χ2n) is 3.64. The van der Waals surface area contributed by atoms with E-state index in [9.17, 15) is 5.11 Å². The molecule has 1 saturated carbocycles. The summed E-state index contributed by atoms with van der Waals surface area (Å²) in [6, 6.07) is 0.716. The van der Waals surface area contributed by atoms with Crippen LogP contribution >= 0.6 is 0 Å². The summed E-state index contributed by atoms with van der Waals surface area (Å²) in [4.78, 5) is 0. The molecular weight excluding hydrogens is 138 g/mol. The summed E-state index contributed by atoms with van der Waals surface area (Å²) in [6.07, 6.45) is 3.51. The Labute approximate surface area is 69.0 Å². The second-order valence-corrected chi connectivity index (χ2v) is 3.64. The fourth-order valence-corrected chi connectivity index (χ4v) is 1.05. The molecule has 0 aromatic carbocycles. The van der Waals surface area contributed by atoms with Gasteiger partial charge in [-0.25, -0.2) is 0 Å². The van der Waals surface area contributed by atoms with Crippen LogP contribution in [0.5, 0.6) is 0 Å². The van der Waals surface area contributed by atoms with Gasteiger partial charge in [0.1, 0.15) is 0 Å². The molecule has 1 aliphatic rings. The molecule has 1 rings (SSSR count). The van der Waals surface area contributed by atoms with Crippen LogP contribution in [0.25, 0.3) is 0 Å². The van der Waals surface area contributed by atoms with Crippen molar-refractivity contribution in [1.29, 1.82) is 0 Å². The van der Waals surface area contributed by atoms with E-state index in [0.29, 0.717) is 12.0 Å². The minimum absolute atomic E-state index is 0.152. The fraction of sp³-hybridized carbons (Fsp3) is 1.00. The van der Waals surface area contributed by atoms with Crippen LogP contribution in [0.4, 0.5) is 0 Å². The molecule has 1 aliphatic carbocycles. The van der Waals surface area contributed by atoms with E-state index in [1.807, 2.05) is 0 Å². The topological polar surface area (TPSA) is 32.3 Å². The van der Waals surface area contributed by atoms with E-state index < -0.39 is 0 Å². The maximum atomic E-state index is 9.53. The van der Waals surface area contributed by atoms with Crippen molar-refractivity contribution in [2.24, 2.45) is 5.92 Å². The Morgan fingerprint density at radius 3 is 2.64 bits per heavy atom. The molecule has 0 aromatic heterocycles. The van der Waals surface area contributed by atoms with Gasteiger partial charge in [-0.2, -0.15) is 0 Å². The van der Waals surface area contributed by atoms with Crippen molar-refractivity contribution >= 4 is 0 Å². The highest BCUT2D eigenvalue weighted by atomic mass is 16.3. The Balaban J connectivity index is 2.03. The van der Waals surface area contributed by atoms with Gasteiger partial charge >= 0.3 is 0 Å². The van der Waals surface area contributed by atoms with Crippen LogP contribution < -0.4 is 5.32 Å². The zero-order valence-electron chi connectivity index (χ0n) is 7.51. The Morgan fingerprint density at radius 2 is 2.18 bits per heavy atom. The number of nitrogens with one attached hydrogen (secondary N) is 1. The van der Waals surface area contributed by atoms with E-state index in [1.165, 1.54) is 12.8 Å². The van der Waals surface area contributed by atoms with Gasteiger partial charge in [0.2, 0.25) is 0 Å². The van der Waals surface area contributed by atoms with Crippen LogP contribution in [0.3, 0.4) is 0 Å². The van der Waals surface area contributed by atoms with Crippen molar-refractivity contribution in [2.45, 2.75) is 45.3 Å². The third-order valence-electron chi connectivity index (χ3n) is 2.49. The maximum Gasteiger partial charge on any atom is 0.0690 e. The first kappa shape index (κ1) is 9.01. The van der Waals surface area contributed by atoms with E-state index in [0.717, 1.165) is 13.0 Å². The van der Waals surface area contributed by atoms with Crippen molar-refractivity contribution in [1.82, 2.24) is 5.32 Å². The zero-order valence-corrected chi connectivity index (χ0v) is 7.51. The molecule has 2 nitrogen and oxygen atoms in total. The first-order valence-electron chi connectivity index (χ1n) is 4.65. The molecule has 0 spiro atoms. The number of rotatable bonds is 5. The lowest BCUT2D eigenvalue weighted by atomic mass is 10.0. The monoisotopic (exact) mass is 157 g/mol. The molecule has 0 bridgehead atoms. The number of aliphatic hydroxyl groups is 1. The lowest BCUT2D eigenvalue weighted by Gasteiger charge is -2.17. The smallest absolute Gasteiger partial charge is 0.0690 e. The lowest BCUT2D eigenvalue weighted by molar-refractivity contribution is 0.112. The van der Waals surface area contributed by atoms with Gasteiger partial charge in [-0.15, -0.1) is 0 Å². The van der Waals surface area contributed by atoms with E-state index in [-0.39, 0.29) is 6.10 Å². The molecule has 0 aromatic rings. The zero-order chi connectivity index (χ0) is 8.27. The van der Waals surface area contributed by atoms with Gasteiger partial charge < -0.3 is 10.4 Å². The summed E-state index contributed by atoms with van der Waals surface area (Å²) in [7, 11) is 0. The molecular formula is C9H19NO. The Kier molecular flexibility index (Phi) is 3.34. The first-order valence-corrected chi connectivity index (χ1v) is 4.65. The van der Waals surface area contributed by atoms with E-state index >= 15 is 0 Å². The molecule has 1 fully saturated rings. The van der Waals surface area contributed by atoms with Crippen LogP contribution in [-0.4, -0.2) is 23.8 Å². The molecule has 2 unspecified atom stereocenters. The Morgan fingerprint density at radius 1 is 1.55 bits per heavy atom. The maximum absolute atomic E-state index is 9.53. The van der Waals surface area contributed by atoms with Gasteiger partial charge in [0.05, 0.1) is 6.10 Å². The number of hydrogen-bond acceptors (Lipinski definition) is 2. The summed E-state index contributed by atoms with van der Waals surface area (Å²) < 4.78 is 0. The predicted molar refractivity (Wildman–Crippen MR) is 46.5 cm³/mol. The van der Waals surface area contributed by atoms with Crippen LogP contribution in [0.1, 0.15) is 33.1 Å². The van der Waals surface area contributed by atoms with Crippen molar-refractivity contribution in [2.75, 3.05) is 6.54 Å². The summed E-state index contributed by atoms with van der Waals surface area (Å²) in [5, 5.41) is 12.9. The van der Waals surface area contributed by atoms with E-state index in [2.05, 4.69) is 19.2 Å². The highest BCUT2D eigenvalue weighted by molar-refractivity contribution is 4.82. The van der Waals surface area contributed by atoms with E-state index in [1.54, 1.807) is 0 Å². The highest BCUT2D eigenvalue weighted by Crippen LogP contribution is 2.19. The predicted octanol–water partition coefficient (Wildman–Crippen LogP) is 1.15. The summed E-state index contributed by atoms with van der Waals surface area (Å²) in [6.45, 7) is 4.99. The van der Waals surface area contributed by atoms with Gasteiger partial charge in [-0.1, -0.05) is 20.3 Å². The van der Waals surface area contributed by atoms with Gasteiger partial charge in [0.25, 0.3) is 0 Å². The average Bonchev–Trinajstić information content (AvgIpc) is 2.81. The molecule has 0 amide bonds. The summed E-state index contributed by atoms with van der Waals surface area (Å²) in [5.41, 5.74) is 0. The minimum atomic E-state index is -0.152. The van der Waals surface area contributed by atoms with Crippen molar-refractivity contribution in [3.63, 3.8) is 0 Å². The summed E-state index contributed by atoms with van der Waals surface area (Å²) >= 11 is 0. The molecule has 0 saturated heterocycles. The van der Waals surface area contributed by atoms with Crippen LogP contribution in [0.2, 0.25) is 0 Å². The van der Waals surface area contributed by atoms with Crippen LogP contribution in [0, 0.1) is 5.92 Å². The molecule has 0 aliphatic heterocycles. The van der Waals surface area contributed by atoms with Gasteiger partial charge in [-0.3, -0.25) is 0 Å². The molecule has 0 heterocycles. The standard InChI is InChI=1S/C9H19NO/c1-3-7(2)9(11)6-10-8-4-5-8/h7-11H,3-6H2,1-2H3. The van der Waals surface area contributed by atoms with Gasteiger partial charge in [-0.05, 0) is 18.8 Å². The van der Waals surface area contributed by atoms with E-state index in [4.69, 9.17) is 0 Å². The van der Waals surface area contributed by atoms with Crippen molar-refractivity contribution in [3.05, 3.63) is 0 Å². The molecule has 66 valence electrons. The number of aliphatic hydroxyl groups excluding tert-OH is 1. The molecule has 2 heteroatoms. The largest absolute Gasteiger partial charge is 0.392 e. The second kappa shape index (κ2) is 4.07. The first-order chi connectivity index (χ1) is 5.24. The lowest BCUT2D eigenvalue weighted by Crippen LogP contribution is -2.32. The summed E-state index contributed by atoms with van der Waals surface area (Å²) in [5.74, 6) is 0.432. The highest BCUT2D eigenvalue weighted by Gasteiger charge is 2.22. The third kappa shape index (κ3) is 3.21. The Hall–Kier alpha value is -0.0800. The number of hydrogen-bond donors (Lipinski definition) is 2. The van der Waals surface area contributed by atoms with Crippen molar-refractivity contribution in [3.8, 4) is 0 Å². The normalized spacial score (nSPS) is 23.2. The van der Waals surface area contributed by atoms with Gasteiger partial charge in [0, 0.05) is 12.6 Å². The Bertz CT molecular complexity index is 112. The average molecular weight is 157 g/mol. The fourth-order valence-electron chi connectivity index (χ4n) is 1.05. The molecule has 0 radical (unpaired) electrons. The van der Waals surface area contributed by atoms with Crippen LogP contribution in [-0.2, 0) is 0 Å². The quantitative estimate of drug-likeness (QED) is 0.627. The molecule has 2 atom stereocenters. The molecule has 11 heavy (non-hydrogen) atoms. The van der Waals surface area contributed by atoms with Crippen LogP contribution in [0.15, 0.2) is 0 Å². The van der Waals surface area contributed by atoms with Gasteiger partial charge in [0.15, 0.2) is 0 Å². The minimum Gasteiger partial charge on any atom is -0.392 e. The molecule has 2 N–H and O–H groups in total.